The van der Waals surface area contributed by atoms with Crippen LogP contribution in [0.2, 0.25) is 10.0 Å². The van der Waals surface area contributed by atoms with Crippen LogP contribution in [0.25, 0.3) is 0 Å². The second kappa shape index (κ2) is 13.4. The van der Waals surface area contributed by atoms with Crippen molar-refractivity contribution in [1.29, 1.82) is 5.26 Å². The van der Waals surface area contributed by atoms with Gasteiger partial charge in [-0.3, -0.25) is 9.59 Å². The van der Waals surface area contributed by atoms with E-state index < -0.39 is 6.04 Å². The largest absolute Gasteiger partial charge is 0.342 e. The number of fused-ring (bicyclic) bond motifs is 1. The summed E-state index contributed by atoms with van der Waals surface area (Å²) >= 11 is 14.9. The predicted molar refractivity (Wildman–Crippen MR) is 171 cm³/mol. The van der Waals surface area contributed by atoms with Gasteiger partial charge in [-0.05, 0) is 67.2 Å². The first-order valence-electron chi connectivity index (χ1n) is 14.0. The van der Waals surface area contributed by atoms with Crippen LogP contribution in [0, 0.1) is 28.6 Å². The van der Waals surface area contributed by atoms with Gasteiger partial charge in [-0.25, -0.2) is 0 Å². The Morgan fingerprint density at radius 2 is 1.98 bits per heavy atom. The van der Waals surface area contributed by atoms with Crippen molar-refractivity contribution in [1.82, 2.24) is 20.1 Å². The molecule has 1 aromatic carbocycles. The van der Waals surface area contributed by atoms with Gasteiger partial charge in [0.2, 0.25) is 5.91 Å². The highest BCUT2D eigenvalue weighted by Gasteiger charge is 2.32. The monoisotopic (exact) mass is 646 g/mol. The van der Waals surface area contributed by atoms with Crippen LogP contribution in [0.4, 0.5) is 5.00 Å². The summed E-state index contributed by atoms with van der Waals surface area (Å²) in [6.45, 7) is 13.3. The number of carbonyl (C=O) groups excluding carboxylic acids is 2. The van der Waals surface area contributed by atoms with Crippen molar-refractivity contribution in [3.8, 4) is 6.07 Å². The van der Waals surface area contributed by atoms with Crippen LogP contribution in [0.1, 0.15) is 86.2 Å². The van der Waals surface area contributed by atoms with Crippen LogP contribution in [0.3, 0.4) is 0 Å². The van der Waals surface area contributed by atoms with E-state index in [1.807, 2.05) is 25.3 Å². The Morgan fingerprint density at radius 1 is 1.24 bits per heavy atom. The van der Waals surface area contributed by atoms with Gasteiger partial charge in [0.25, 0.3) is 5.91 Å². The predicted octanol–water partition coefficient (Wildman–Crippen LogP) is 7.55. The van der Waals surface area contributed by atoms with E-state index in [0.29, 0.717) is 49.6 Å². The molecule has 0 bridgehead atoms. The fourth-order valence-corrected chi connectivity index (χ4v) is 7.55. The fraction of sp³-hybridized carbons (Fsp3) is 0.500. The maximum absolute atomic E-state index is 13.0. The molecule has 1 aliphatic carbocycles. The smallest absolute Gasteiger partial charge is 0.251 e. The molecular weight excluding hydrogens is 611 g/mol. The number of amides is 2. The molecule has 0 spiro atoms. The van der Waals surface area contributed by atoms with E-state index in [-0.39, 0.29) is 28.9 Å². The number of hydrogen-bond acceptors (Lipinski definition) is 7. The summed E-state index contributed by atoms with van der Waals surface area (Å²) in [4.78, 5) is 27.3. The minimum atomic E-state index is -0.421. The van der Waals surface area contributed by atoms with E-state index in [4.69, 9.17) is 23.2 Å². The number of nitrogens with zero attached hydrogens (tertiary/aromatic N) is 4. The number of thioether (sulfide) groups is 1. The first-order chi connectivity index (χ1) is 19.8. The van der Waals surface area contributed by atoms with E-state index in [0.717, 1.165) is 24.8 Å². The van der Waals surface area contributed by atoms with E-state index in [1.54, 1.807) is 12.1 Å². The topological polar surface area (TPSA) is 113 Å². The number of nitriles is 1. The molecule has 0 radical (unpaired) electrons. The SMILES string of the molecule is CCn1c(SCC(=O)Nc2sc3c(c2C#N)CC[C@@H](C(C)(C)C)C3)nnc1[C@H](NC(=O)c1ccc(Cl)c(Cl)c1)C(C)C. The van der Waals surface area contributed by atoms with Crippen LogP contribution in [0.15, 0.2) is 23.4 Å². The minimum absolute atomic E-state index is 0.0134. The van der Waals surface area contributed by atoms with Gasteiger partial charge in [0.05, 0.1) is 27.4 Å². The molecule has 3 aromatic rings. The maximum Gasteiger partial charge on any atom is 0.251 e. The maximum atomic E-state index is 13.0. The molecule has 4 rings (SSSR count). The van der Waals surface area contributed by atoms with Crippen molar-refractivity contribution in [2.75, 3.05) is 11.1 Å². The average molecular weight is 648 g/mol. The van der Waals surface area contributed by atoms with Crippen molar-refractivity contribution >= 4 is 63.1 Å². The van der Waals surface area contributed by atoms with Crippen LogP contribution in [-0.4, -0.2) is 32.3 Å². The Bertz CT molecular complexity index is 1520. The van der Waals surface area contributed by atoms with Gasteiger partial charge in [-0.2, -0.15) is 5.26 Å². The van der Waals surface area contributed by atoms with Crippen LogP contribution in [-0.2, 0) is 24.2 Å². The van der Waals surface area contributed by atoms with Crippen molar-refractivity contribution in [3.63, 3.8) is 0 Å². The van der Waals surface area contributed by atoms with Gasteiger partial charge >= 0.3 is 0 Å². The number of nitrogens with one attached hydrogen (secondary N) is 2. The highest BCUT2D eigenvalue weighted by molar-refractivity contribution is 7.99. The Labute approximate surface area is 265 Å². The van der Waals surface area contributed by atoms with Crippen LogP contribution in [0.5, 0.6) is 0 Å². The van der Waals surface area contributed by atoms with Gasteiger partial charge in [-0.1, -0.05) is 69.6 Å². The summed E-state index contributed by atoms with van der Waals surface area (Å²) in [6.07, 6.45) is 2.84. The van der Waals surface area contributed by atoms with E-state index in [2.05, 4.69) is 47.7 Å². The van der Waals surface area contributed by atoms with E-state index in [9.17, 15) is 14.9 Å². The van der Waals surface area contributed by atoms with Gasteiger partial charge < -0.3 is 15.2 Å². The fourth-order valence-electron chi connectivity index (χ4n) is 5.15. The van der Waals surface area contributed by atoms with Crippen LogP contribution >= 0.6 is 46.3 Å². The van der Waals surface area contributed by atoms with Crippen molar-refractivity contribution in [2.24, 2.45) is 17.3 Å². The Balaban J connectivity index is 1.45. The van der Waals surface area contributed by atoms with Gasteiger partial charge in [-0.15, -0.1) is 21.5 Å². The minimum Gasteiger partial charge on any atom is -0.342 e. The molecule has 0 aliphatic heterocycles. The summed E-state index contributed by atoms with van der Waals surface area (Å²) in [5, 5.41) is 26.5. The Hall–Kier alpha value is -2.58. The number of thiophene rings is 1. The molecule has 42 heavy (non-hydrogen) atoms. The number of anilines is 1. The molecular formula is C30H36Cl2N6O2S2. The van der Waals surface area contributed by atoms with E-state index in [1.165, 1.54) is 34.0 Å². The zero-order valence-electron chi connectivity index (χ0n) is 24.7. The van der Waals surface area contributed by atoms with E-state index >= 15 is 0 Å². The summed E-state index contributed by atoms with van der Waals surface area (Å²) in [5.41, 5.74) is 2.27. The first kappa shape index (κ1) is 32.3. The molecule has 0 unspecified atom stereocenters. The van der Waals surface area contributed by atoms with Gasteiger partial charge in [0.1, 0.15) is 11.1 Å². The molecule has 2 N–H and O–H groups in total. The lowest BCUT2D eigenvalue weighted by Crippen LogP contribution is -2.33. The highest BCUT2D eigenvalue weighted by atomic mass is 35.5. The third-order valence-electron chi connectivity index (χ3n) is 7.66. The highest BCUT2D eigenvalue weighted by Crippen LogP contribution is 2.44. The molecule has 2 amide bonds. The lowest BCUT2D eigenvalue weighted by atomic mass is 9.72. The summed E-state index contributed by atoms with van der Waals surface area (Å²) in [6, 6.07) is 6.65. The zero-order valence-corrected chi connectivity index (χ0v) is 27.8. The summed E-state index contributed by atoms with van der Waals surface area (Å²) < 4.78 is 1.91. The summed E-state index contributed by atoms with van der Waals surface area (Å²) in [5.74, 6) is 0.773. The molecule has 0 fully saturated rings. The third-order valence-corrected chi connectivity index (χ3v) is 10.5. The number of benzene rings is 1. The van der Waals surface area contributed by atoms with Crippen molar-refractivity contribution in [3.05, 3.63) is 55.6 Å². The average Bonchev–Trinajstić information content (AvgIpc) is 3.50. The number of rotatable bonds is 9. The first-order valence-corrected chi connectivity index (χ1v) is 16.6. The number of hydrogen-bond donors (Lipinski definition) is 2. The molecule has 12 heteroatoms. The molecule has 2 heterocycles. The molecule has 224 valence electrons. The quantitative estimate of drug-likeness (QED) is 0.232. The number of halogens is 2. The van der Waals surface area contributed by atoms with Gasteiger partial charge in [0.15, 0.2) is 11.0 Å². The van der Waals surface area contributed by atoms with Gasteiger partial charge in [0, 0.05) is 17.0 Å². The van der Waals surface area contributed by atoms with Crippen LogP contribution < -0.4 is 10.6 Å². The summed E-state index contributed by atoms with van der Waals surface area (Å²) in [7, 11) is 0. The molecule has 8 nitrogen and oxygen atoms in total. The third kappa shape index (κ3) is 7.13. The molecule has 2 aromatic heterocycles. The Morgan fingerprint density at radius 3 is 2.60 bits per heavy atom. The molecule has 0 saturated carbocycles. The normalized spacial score (nSPS) is 15.7. The molecule has 1 aliphatic rings. The second-order valence-electron chi connectivity index (χ2n) is 11.9. The Kier molecular flexibility index (Phi) is 10.3. The standard InChI is InChI=1S/C30H36Cl2N6O2S2/c1-7-38-26(25(16(2)3)35-27(40)17-8-11-21(31)22(32)12-17)36-37-29(38)41-15-24(39)34-28-20(14-33)19-10-9-18(30(4,5)6)13-23(19)42-28/h8,11-12,16,18,25H,7,9-10,13,15H2,1-6H3,(H,34,39)(H,35,40)/t18-,25-/m1/s1. The lowest BCUT2D eigenvalue weighted by Gasteiger charge is -2.33. The molecule has 2 atom stereocenters. The molecule has 0 saturated heterocycles. The number of aromatic nitrogens is 3. The zero-order chi connectivity index (χ0) is 30.8. The second-order valence-corrected chi connectivity index (χ2v) is 14.7. The van der Waals surface area contributed by atoms with Crippen molar-refractivity contribution in [2.45, 2.75) is 78.5 Å². The number of carbonyl (C=O) groups is 2. The lowest BCUT2D eigenvalue weighted by molar-refractivity contribution is -0.113. The van der Waals surface area contributed by atoms with Crippen molar-refractivity contribution < 1.29 is 9.59 Å².